The molecule has 0 atom stereocenters. The monoisotopic (exact) mass is 384 g/mol. The van der Waals surface area contributed by atoms with Crippen molar-refractivity contribution in [3.05, 3.63) is 53.7 Å². The third-order valence-corrected chi connectivity index (χ3v) is 4.31. The van der Waals surface area contributed by atoms with E-state index in [4.69, 9.17) is 26.4 Å². The van der Waals surface area contributed by atoms with Crippen LogP contribution in [0.25, 0.3) is 6.08 Å². The zero-order valence-electron chi connectivity index (χ0n) is 15.3. The number of rotatable bonds is 6. The van der Waals surface area contributed by atoms with Crippen LogP contribution in [0.2, 0.25) is 0 Å². The van der Waals surface area contributed by atoms with Gasteiger partial charge >= 0.3 is 0 Å². The van der Waals surface area contributed by atoms with Crippen LogP contribution in [0.3, 0.4) is 0 Å². The summed E-state index contributed by atoms with van der Waals surface area (Å²) in [6.45, 7) is 2.50. The van der Waals surface area contributed by atoms with Crippen molar-refractivity contribution in [1.29, 1.82) is 0 Å². The van der Waals surface area contributed by atoms with E-state index in [1.54, 1.807) is 44.6 Å². The van der Waals surface area contributed by atoms with Gasteiger partial charge in [-0.3, -0.25) is 9.69 Å². The molecule has 2 aromatic carbocycles. The molecule has 1 N–H and O–H groups in total. The van der Waals surface area contributed by atoms with E-state index in [1.165, 1.54) is 4.90 Å². The number of anilines is 1. The summed E-state index contributed by atoms with van der Waals surface area (Å²) in [5, 5.41) is 3.29. The molecule has 0 aliphatic carbocycles. The molecule has 1 fully saturated rings. The van der Waals surface area contributed by atoms with Crippen molar-refractivity contribution < 1.29 is 19.0 Å². The molecule has 6 nitrogen and oxygen atoms in total. The van der Waals surface area contributed by atoms with Crippen molar-refractivity contribution in [2.24, 2.45) is 0 Å². The Morgan fingerprint density at radius 3 is 2.41 bits per heavy atom. The van der Waals surface area contributed by atoms with Gasteiger partial charge in [-0.25, -0.2) is 0 Å². The molecule has 1 saturated heterocycles. The molecule has 0 spiro atoms. The first-order valence-electron chi connectivity index (χ1n) is 8.39. The van der Waals surface area contributed by atoms with Gasteiger partial charge in [0.15, 0.2) is 5.11 Å². The molecule has 140 valence electrons. The summed E-state index contributed by atoms with van der Waals surface area (Å²) in [7, 11) is 3.15. The highest BCUT2D eigenvalue weighted by Gasteiger charge is 2.32. The Morgan fingerprint density at radius 2 is 1.78 bits per heavy atom. The normalized spacial score (nSPS) is 15.1. The second-order valence-corrected chi connectivity index (χ2v) is 6.05. The quantitative estimate of drug-likeness (QED) is 0.609. The number of carbonyl (C=O) groups excluding carboxylic acids is 1. The van der Waals surface area contributed by atoms with Crippen LogP contribution >= 0.6 is 12.2 Å². The van der Waals surface area contributed by atoms with E-state index >= 15 is 0 Å². The number of benzene rings is 2. The van der Waals surface area contributed by atoms with Gasteiger partial charge in [-0.15, -0.1) is 0 Å². The Morgan fingerprint density at radius 1 is 1.07 bits per heavy atom. The molecule has 1 heterocycles. The number of ether oxygens (including phenoxy) is 3. The van der Waals surface area contributed by atoms with E-state index in [-0.39, 0.29) is 5.91 Å². The smallest absolute Gasteiger partial charge is 0.281 e. The average Bonchev–Trinajstić information content (AvgIpc) is 2.96. The fourth-order valence-corrected chi connectivity index (χ4v) is 3.02. The minimum absolute atomic E-state index is 0.234. The number of hydrogen-bond donors (Lipinski definition) is 1. The Bertz CT molecular complexity index is 893. The fourth-order valence-electron chi connectivity index (χ4n) is 2.72. The topological polar surface area (TPSA) is 60.0 Å². The number of thiocarbonyl (C=S) groups is 1. The predicted molar refractivity (Wildman–Crippen MR) is 108 cm³/mol. The number of nitrogens with one attached hydrogen (secondary N) is 1. The molecule has 27 heavy (non-hydrogen) atoms. The number of amides is 1. The maximum absolute atomic E-state index is 12.9. The highest BCUT2D eigenvalue weighted by Crippen LogP contribution is 2.29. The van der Waals surface area contributed by atoms with E-state index in [2.05, 4.69) is 5.32 Å². The molecule has 3 rings (SSSR count). The van der Waals surface area contributed by atoms with Gasteiger partial charge in [0, 0.05) is 11.6 Å². The van der Waals surface area contributed by atoms with Crippen molar-refractivity contribution in [2.45, 2.75) is 6.92 Å². The number of hydrogen-bond acceptors (Lipinski definition) is 5. The molecule has 0 radical (unpaired) electrons. The molecular weight excluding hydrogens is 364 g/mol. The van der Waals surface area contributed by atoms with Gasteiger partial charge in [-0.2, -0.15) is 0 Å². The van der Waals surface area contributed by atoms with Gasteiger partial charge in [-0.1, -0.05) is 0 Å². The third-order valence-electron chi connectivity index (χ3n) is 4.02. The Labute approximate surface area is 163 Å². The summed E-state index contributed by atoms with van der Waals surface area (Å²) in [4.78, 5) is 14.3. The minimum atomic E-state index is -0.234. The van der Waals surface area contributed by atoms with Crippen LogP contribution < -0.4 is 24.4 Å². The van der Waals surface area contributed by atoms with Crippen molar-refractivity contribution in [2.75, 3.05) is 25.7 Å². The second kappa shape index (κ2) is 8.09. The second-order valence-electron chi connectivity index (χ2n) is 5.66. The first-order valence-corrected chi connectivity index (χ1v) is 8.80. The fraction of sp³-hybridized carbons (Fsp3) is 0.200. The molecule has 7 heteroatoms. The van der Waals surface area contributed by atoms with Gasteiger partial charge < -0.3 is 19.5 Å². The molecule has 0 saturated carbocycles. The SMILES string of the molecule is CCOc1ccc(N2C(=O)C(=Cc3ccc(OC)cc3OC)NC2=S)cc1. The number of carbonyl (C=O) groups is 1. The van der Waals surface area contributed by atoms with Crippen LogP contribution in [0, 0.1) is 0 Å². The first kappa shape index (κ1) is 18.7. The first-order chi connectivity index (χ1) is 13.1. The van der Waals surface area contributed by atoms with Crippen LogP contribution in [0.1, 0.15) is 12.5 Å². The lowest BCUT2D eigenvalue weighted by Crippen LogP contribution is -2.30. The lowest BCUT2D eigenvalue weighted by Gasteiger charge is -2.14. The standard InChI is InChI=1S/C20H20N2O4S/c1-4-26-15-9-6-14(7-10-15)22-19(23)17(21-20(22)27)11-13-5-8-16(24-2)12-18(13)25-3/h5-12H,4H2,1-3H3,(H,21,27). The highest BCUT2D eigenvalue weighted by molar-refractivity contribution is 7.80. The third kappa shape index (κ3) is 3.88. The minimum Gasteiger partial charge on any atom is -0.497 e. The molecule has 1 amide bonds. The molecule has 2 aromatic rings. The molecule has 0 bridgehead atoms. The lowest BCUT2D eigenvalue weighted by atomic mass is 10.1. The number of methoxy groups -OCH3 is 2. The Balaban J connectivity index is 1.88. The summed E-state index contributed by atoms with van der Waals surface area (Å²) in [5.74, 6) is 1.78. The summed E-state index contributed by atoms with van der Waals surface area (Å²) >= 11 is 5.35. The van der Waals surface area contributed by atoms with E-state index in [0.29, 0.717) is 34.6 Å². The maximum Gasteiger partial charge on any atom is 0.281 e. The van der Waals surface area contributed by atoms with Crippen LogP contribution in [0.15, 0.2) is 48.2 Å². The van der Waals surface area contributed by atoms with Gasteiger partial charge in [0.25, 0.3) is 5.91 Å². The van der Waals surface area contributed by atoms with E-state index in [0.717, 1.165) is 11.3 Å². The van der Waals surface area contributed by atoms with Gasteiger partial charge in [-0.05, 0) is 61.6 Å². The maximum atomic E-state index is 12.9. The largest absolute Gasteiger partial charge is 0.497 e. The van der Waals surface area contributed by atoms with Crippen molar-refractivity contribution in [1.82, 2.24) is 5.32 Å². The van der Waals surface area contributed by atoms with Crippen molar-refractivity contribution in [3.8, 4) is 17.2 Å². The zero-order chi connectivity index (χ0) is 19.4. The summed E-state index contributed by atoms with van der Waals surface area (Å²) < 4.78 is 16.0. The van der Waals surface area contributed by atoms with Gasteiger partial charge in [0.2, 0.25) is 0 Å². The van der Waals surface area contributed by atoms with E-state index in [1.807, 2.05) is 25.1 Å². The average molecular weight is 384 g/mol. The zero-order valence-corrected chi connectivity index (χ0v) is 16.1. The molecular formula is C20H20N2O4S. The van der Waals surface area contributed by atoms with E-state index in [9.17, 15) is 4.79 Å². The molecule has 0 unspecified atom stereocenters. The lowest BCUT2D eigenvalue weighted by molar-refractivity contribution is -0.113. The Kier molecular flexibility index (Phi) is 5.61. The van der Waals surface area contributed by atoms with E-state index < -0.39 is 0 Å². The Hall–Kier alpha value is -3.06. The van der Waals surface area contributed by atoms with Crippen LogP contribution in [0.5, 0.6) is 17.2 Å². The molecule has 1 aliphatic rings. The van der Waals surface area contributed by atoms with Crippen molar-refractivity contribution in [3.63, 3.8) is 0 Å². The van der Waals surface area contributed by atoms with Crippen LogP contribution in [0.4, 0.5) is 5.69 Å². The van der Waals surface area contributed by atoms with Crippen LogP contribution in [-0.2, 0) is 4.79 Å². The predicted octanol–water partition coefficient (Wildman–Crippen LogP) is 3.36. The number of nitrogens with zero attached hydrogens (tertiary/aromatic N) is 1. The highest BCUT2D eigenvalue weighted by atomic mass is 32.1. The molecule has 1 aliphatic heterocycles. The summed E-state index contributed by atoms with van der Waals surface area (Å²) in [6, 6.07) is 12.6. The van der Waals surface area contributed by atoms with Gasteiger partial charge in [0.1, 0.15) is 22.9 Å². The van der Waals surface area contributed by atoms with Crippen LogP contribution in [-0.4, -0.2) is 31.8 Å². The summed E-state index contributed by atoms with van der Waals surface area (Å²) in [6.07, 6.45) is 1.71. The summed E-state index contributed by atoms with van der Waals surface area (Å²) in [5.41, 5.74) is 1.79. The molecule has 0 aromatic heterocycles. The van der Waals surface area contributed by atoms with Gasteiger partial charge in [0.05, 0.1) is 26.5 Å². The van der Waals surface area contributed by atoms with Crippen molar-refractivity contribution >= 4 is 35.0 Å².